The van der Waals surface area contributed by atoms with E-state index in [1.807, 2.05) is 0 Å². The maximum atomic E-state index is 13.5. The highest BCUT2D eigenvalue weighted by Crippen LogP contribution is 2.33. The van der Waals surface area contributed by atoms with Gasteiger partial charge in [0, 0.05) is 43.9 Å². The van der Waals surface area contributed by atoms with Crippen molar-refractivity contribution in [2.45, 2.75) is 42.9 Å². The zero-order valence-corrected chi connectivity index (χ0v) is 18.4. The van der Waals surface area contributed by atoms with Crippen LogP contribution in [0.4, 0.5) is 10.3 Å². The van der Waals surface area contributed by atoms with E-state index in [2.05, 4.69) is 9.88 Å². The van der Waals surface area contributed by atoms with Gasteiger partial charge in [-0.25, -0.2) is 22.8 Å². The van der Waals surface area contributed by atoms with Crippen molar-refractivity contribution in [3.63, 3.8) is 0 Å². The van der Waals surface area contributed by atoms with E-state index in [0.717, 1.165) is 25.9 Å². The summed E-state index contributed by atoms with van der Waals surface area (Å²) in [5, 5.41) is 0. The van der Waals surface area contributed by atoms with Crippen LogP contribution < -0.4 is 4.90 Å². The molecule has 2 aliphatic rings. The first-order valence-corrected chi connectivity index (χ1v) is 12.6. The van der Waals surface area contributed by atoms with Crippen LogP contribution in [0.25, 0.3) is 0 Å². The number of piperidine rings is 2. The van der Waals surface area contributed by atoms with Crippen LogP contribution in [0, 0.1) is 5.82 Å². The number of anilines is 1. The van der Waals surface area contributed by atoms with Crippen molar-refractivity contribution >= 4 is 21.7 Å². The number of rotatable bonds is 4. The Morgan fingerprint density at radius 2 is 1.81 bits per heavy atom. The first-order chi connectivity index (χ1) is 14.8. The maximum Gasteiger partial charge on any atom is 0.253 e. The fraction of sp³-hybridized carbons (Fsp3) is 0.500. The summed E-state index contributed by atoms with van der Waals surface area (Å²) >= 11 is 0. The van der Waals surface area contributed by atoms with E-state index in [4.69, 9.17) is 4.98 Å². The molecule has 2 fully saturated rings. The van der Waals surface area contributed by atoms with Crippen molar-refractivity contribution in [1.82, 2.24) is 14.9 Å². The van der Waals surface area contributed by atoms with E-state index in [0.29, 0.717) is 43.1 Å². The highest BCUT2D eigenvalue weighted by molar-refractivity contribution is 7.90. The van der Waals surface area contributed by atoms with Crippen molar-refractivity contribution in [3.8, 4) is 0 Å². The third kappa shape index (κ3) is 4.87. The number of amides is 1. The molecule has 0 saturated carbocycles. The fourth-order valence-corrected chi connectivity index (χ4v) is 5.20. The van der Waals surface area contributed by atoms with Crippen molar-refractivity contribution in [2.24, 2.45) is 0 Å². The van der Waals surface area contributed by atoms with Gasteiger partial charge in [0.2, 0.25) is 5.95 Å². The summed E-state index contributed by atoms with van der Waals surface area (Å²) in [6.45, 7) is 2.68. The number of sulfone groups is 1. The van der Waals surface area contributed by atoms with E-state index in [-0.39, 0.29) is 16.7 Å². The minimum Gasteiger partial charge on any atom is -0.341 e. The molecule has 0 unspecified atom stereocenters. The molecule has 1 amide bonds. The average Bonchev–Trinajstić information content (AvgIpc) is 2.78. The molecule has 0 radical (unpaired) electrons. The number of aromatic nitrogens is 2. The van der Waals surface area contributed by atoms with E-state index in [1.165, 1.54) is 37.1 Å². The predicted octanol–water partition coefficient (Wildman–Crippen LogP) is 3.03. The first kappa shape index (κ1) is 21.7. The van der Waals surface area contributed by atoms with Gasteiger partial charge in [-0.3, -0.25) is 4.79 Å². The highest BCUT2D eigenvalue weighted by Gasteiger charge is 2.30. The van der Waals surface area contributed by atoms with Crippen LogP contribution in [0.5, 0.6) is 0 Å². The summed E-state index contributed by atoms with van der Waals surface area (Å²) < 4.78 is 38.2. The molecule has 4 rings (SSSR count). The lowest BCUT2D eigenvalue weighted by Gasteiger charge is -2.33. The smallest absolute Gasteiger partial charge is 0.253 e. The molecule has 0 N–H and O–H groups in total. The lowest BCUT2D eigenvalue weighted by Crippen LogP contribution is -2.38. The zero-order chi connectivity index (χ0) is 22.0. The number of hydrogen-bond acceptors (Lipinski definition) is 6. The van der Waals surface area contributed by atoms with Gasteiger partial charge in [0.1, 0.15) is 10.7 Å². The van der Waals surface area contributed by atoms with Crippen LogP contribution in [0.1, 0.15) is 54.1 Å². The van der Waals surface area contributed by atoms with Crippen LogP contribution in [-0.2, 0) is 9.84 Å². The molecular formula is C22H27FN4O3S. The lowest BCUT2D eigenvalue weighted by molar-refractivity contribution is 0.0711. The minimum atomic E-state index is -3.47. The fourth-order valence-electron chi connectivity index (χ4n) is 4.36. The van der Waals surface area contributed by atoms with Gasteiger partial charge < -0.3 is 9.80 Å². The second-order valence-electron chi connectivity index (χ2n) is 8.32. The van der Waals surface area contributed by atoms with E-state index in [1.54, 1.807) is 11.0 Å². The second kappa shape index (κ2) is 8.90. The molecule has 0 spiro atoms. The average molecular weight is 447 g/mol. The quantitative estimate of drug-likeness (QED) is 0.718. The lowest BCUT2D eigenvalue weighted by atomic mass is 9.93. The van der Waals surface area contributed by atoms with Gasteiger partial charge in [-0.15, -0.1) is 0 Å². The van der Waals surface area contributed by atoms with Gasteiger partial charge in [0.15, 0.2) is 9.84 Å². The normalized spacial score (nSPS) is 18.3. The second-order valence-corrected chi connectivity index (χ2v) is 10.3. The maximum absolute atomic E-state index is 13.5. The van der Waals surface area contributed by atoms with Gasteiger partial charge >= 0.3 is 0 Å². The van der Waals surface area contributed by atoms with Gasteiger partial charge in [-0.1, -0.05) is 6.07 Å². The van der Waals surface area contributed by atoms with Crippen molar-refractivity contribution < 1.29 is 17.6 Å². The Morgan fingerprint density at radius 3 is 2.45 bits per heavy atom. The standard InChI is InChI=1S/C22H27FN4O3S/c1-31(29,30)19-15-24-22(27-10-3-2-4-11-27)25-20(19)16-8-12-26(13-9-16)21(28)17-6-5-7-18(23)14-17/h5-7,14-16H,2-4,8-13H2,1H3. The number of carbonyl (C=O) groups excluding carboxylic acids is 1. The summed E-state index contributed by atoms with van der Waals surface area (Å²) in [7, 11) is -3.47. The Hall–Kier alpha value is -2.55. The van der Waals surface area contributed by atoms with Gasteiger partial charge in [-0.05, 0) is 50.3 Å². The number of carbonyl (C=O) groups is 1. The SMILES string of the molecule is CS(=O)(=O)c1cnc(N2CCCCC2)nc1C1CCN(C(=O)c2cccc(F)c2)CC1. The molecule has 166 valence electrons. The summed E-state index contributed by atoms with van der Waals surface area (Å²) in [6, 6.07) is 5.68. The Bertz CT molecular complexity index is 1060. The molecule has 9 heteroatoms. The molecule has 1 aromatic heterocycles. The Morgan fingerprint density at radius 1 is 1.10 bits per heavy atom. The molecule has 2 saturated heterocycles. The Kier molecular flexibility index (Phi) is 6.22. The number of hydrogen-bond donors (Lipinski definition) is 0. The molecular weight excluding hydrogens is 419 g/mol. The largest absolute Gasteiger partial charge is 0.341 e. The first-order valence-electron chi connectivity index (χ1n) is 10.7. The molecule has 3 heterocycles. The molecule has 2 aliphatic heterocycles. The molecule has 1 aromatic carbocycles. The van der Waals surface area contributed by atoms with Crippen molar-refractivity contribution in [2.75, 3.05) is 37.3 Å². The third-order valence-corrected chi connectivity index (χ3v) is 7.16. The summed E-state index contributed by atoms with van der Waals surface area (Å²) in [5.41, 5.74) is 0.876. The molecule has 0 aliphatic carbocycles. The molecule has 2 aromatic rings. The van der Waals surface area contributed by atoms with E-state index in [9.17, 15) is 17.6 Å². The highest BCUT2D eigenvalue weighted by atomic mass is 32.2. The van der Waals surface area contributed by atoms with E-state index >= 15 is 0 Å². The number of halogens is 1. The van der Waals surface area contributed by atoms with Gasteiger partial charge in [-0.2, -0.15) is 0 Å². The van der Waals surface area contributed by atoms with E-state index < -0.39 is 15.7 Å². The number of nitrogens with zero attached hydrogens (tertiary/aromatic N) is 4. The third-order valence-electron chi connectivity index (χ3n) is 6.05. The minimum absolute atomic E-state index is 0.0761. The van der Waals surface area contributed by atoms with Crippen molar-refractivity contribution in [1.29, 1.82) is 0 Å². The Labute approximate surface area is 182 Å². The van der Waals surface area contributed by atoms with Gasteiger partial charge in [0.05, 0.1) is 11.9 Å². The predicted molar refractivity (Wildman–Crippen MR) is 115 cm³/mol. The summed E-state index contributed by atoms with van der Waals surface area (Å²) in [4.78, 5) is 25.7. The number of likely N-dealkylation sites (tertiary alicyclic amines) is 1. The number of benzene rings is 1. The topological polar surface area (TPSA) is 83.5 Å². The molecule has 31 heavy (non-hydrogen) atoms. The van der Waals surface area contributed by atoms with Crippen LogP contribution in [0.2, 0.25) is 0 Å². The zero-order valence-electron chi connectivity index (χ0n) is 17.6. The van der Waals surface area contributed by atoms with Crippen LogP contribution in [0.15, 0.2) is 35.4 Å². The molecule has 7 nitrogen and oxygen atoms in total. The van der Waals surface area contributed by atoms with Gasteiger partial charge in [0.25, 0.3) is 5.91 Å². The Balaban J connectivity index is 1.54. The van der Waals surface area contributed by atoms with Crippen LogP contribution in [0.3, 0.4) is 0 Å². The molecule has 0 bridgehead atoms. The summed E-state index contributed by atoms with van der Waals surface area (Å²) in [6.07, 6.45) is 7.15. The van der Waals surface area contributed by atoms with Crippen molar-refractivity contribution in [3.05, 3.63) is 47.5 Å². The van der Waals surface area contributed by atoms with Crippen LogP contribution in [-0.4, -0.2) is 61.6 Å². The monoisotopic (exact) mass is 446 g/mol. The van der Waals surface area contributed by atoms with Crippen LogP contribution >= 0.6 is 0 Å². The summed E-state index contributed by atoms with van der Waals surface area (Å²) in [5.74, 6) is -0.143. The molecule has 0 atom stereocenters.